The second kappa shape index (κ2) is 4.85. The Morgan fingerprint density at radius 1 is 1.21 bits per heavy atom. The molecule has 4 heteroatoms. The van der Waals surface area contributed by atoms with Crippen molar-refractivity contribution < 1.29 is 4.79 Å². The molecule has 2 fully saturated rings. The number of carbonyl (C=O) groups is 1. The van der Waals surface area contributed by atoms with Gasteiger partial charge in [-0.2, -0.15) is 0 Å². The van der Waals surface area contributed by atoms with Crippen LogP contribution in [0.4, 0.5) is 5.69 Å². The summed E-state index contributed by atoms with van der Waals surface area (Å²) >= 11 is 0. The Balaban J connectivity index is 1.69. The van der Waals surface area contributed by atoms with Crippen molar-refractivity contribution in [1.29, 1.82) is 0 Å². The molecule has 0 unspecified atom stereocenters. The fourth-order valence-corrected chi connectivity index (χ4v) is 2.79. The molecule has 1 heterocycles. The summed E-state index contributed by atoms with van der Waals surface area (Å²) in [4.78, 5) is 17.0. The van der Waals surface area contributed by atoms with Crippen LogP contribution in [0.25, 0.3) is 0 Å². The molecule has 2 N–H and O–H groups in total. The van der Waals surface area contributed by atoms with E-state index in [9.17, 15) is 4.79 Å². The van der Waals surface area contributed by atoms with Crippen LogP contribution < -0.4 is 5.73 Å². The standard InChI is InChI=1S/C15H21N3O/c1-11-13(3-2-4-14(11)16)15(19)18-9-7-17(8-10-18)12-5-6-12/h2-4,12H,5-10,16H2,1H3. The van der Waals surface area contributed by atoms with E-state index < -0.39 is 0 Å². The molecular formula is C15H21N3O. The van der Waals surface area contributed by atoms with Crippen molar-refractivity contribution >= 4 is 11.6 Å². The summed E-state index contributed by atoms with van der Waals surface area (Å²) in [6.45, 7) is 5.62. The van der Waals surface area contributed by atoms with Crippen molar-refractivity contribution in [3.05, 3.63) is 29.3 Å². The van der Waals surface area contributed by atoms with Gasteiger partial charge >= 0.3 is 0 Å². The molecule has 1 amide bonds. The number of benzene rings is 1. The number of anilines is 1. The van der Waals surface area contributed by atoms with Crippen molar-refractivity contribution in [2.24, 2.45) is 0 Å². The summed E-state index contributed by atoms with van der Waals surface area (Å²) in [5.74, 6) is 0.125. The summed E-state index contributed by atoms with van der Waals surface area (Å²) < 4.78 is 0. The molecule has 1 aliphatic carbocycles. The topological polar surface area (TPSA) is 49.6 Å². The van der Waals surface area contributed by atoms with Gasteiger partial charge in [-0.1, -0.05) is 6.07 Å². The molecular weight excluding hydrogens is 238 g/mol. The van der Waals surface area contributed by atoms with E-state index in [0.29, 0.717) is 5.69 Å². The van der Waals surface area contributed by atoms with Crippen molar-refractivity contribution in [2.45, 2.75) is 25.8 Å². The Hall–Kier alpha value is -1.55. The van der Waals surface area contributed by atoms with Gasteiger partial charge in [0.1, 0.15) is 0 Å². The first-order chi connectivity index (χ1) is 9.16. The first-order valence-electron chi connectivity index (χ1n) is 7.05. The fraction of sp³-hybridized carbons (Fsp3) is 0.533. The number of nitrogens with two attached hydrogens (primary N) is 1. The average molecular weight is 259 g/mol. The zero-order valence-corrected chi connectivity index (χ0v) is 11.4. The summed E-state index contributed by atoms with van der Waals surface area (Å²) in [5, 5.41) is 0. The van der Waals surface area contributed by atoms with Crippen LogP contribution in [0.5, 0.6) is 0 Å². The van der Waals surface area contributed by atoms with Crippen molar-refractivity contribution in [1.82, 2.24) is 9.80 Å². The van der Waals surface area contributed by atoms with E-state index in [1.54, 1.807) is 0 Å². The van der Waals surface area contributed by atoms with Gasteiger partial charge in [0.15, 0.2) is 0 Å². The molecule has 1 saturated carbocycles. The molecule has 1 aromatic rings. The quantitative estimate of drug-likeness (QED) is 0.819. The zero-order chi connectivity index (χ0) is 13.4. The van der Waals surface area contributed by atoms with Crippen LogP contribution in [0.2, 0.25) is 0 Å². The molecule has 1 aromatic carbocycles. The van der Waals surface area contributed by atoms with Crippen LogP contribution >= 0.6 is 0 Å². The number of hydrogen-bond acceptors (Lipinski definition) is 3. The molecule has 0 aromatic heterocycles. The van der Waals surface area contributed by atoms with Gasteiger partial charge in [0.05, 0.1) is 0 Å². The van der Waals surface area contributed by atoms with E-state index >= 15 is 0 Å². The van der Waals surface area contributed by atoms with E-state index in [2.05, 4.69) is 4.90 Å². The van der Waals surface area contributed by atoms with Gasteiger partial charge in [-0.3, -0.25) is 9.69 Å². The first-order valence-corrected chi connectivity index (χ1v) is 7.05. The van der Waals surface area contributed by atoms with Gasteiger partial charge in [-0.25, -0.2) is 0 Å². The lowest BCUT2D eigenvalue weighted by atomic mass is 10.1. The summed E-state index contributed by atoms with van der Waals surface area (Å²) in [5.41, 5.74) is 8.23. The normalized spacial score (nSPS) is 20.6. The van der Waals surface area contributed by atoms with Crippen molar-refractivity contribution in [2.75, 3.05) is 31.9 Å². The van der Waals surface area contributed by atoms with Crippen LogP contribution in [0.15, 0.2) is 18.2 Å². The lowest BCUT2D eigenvalue weighted by molar-refractivity contribution is 0.0626. The lowest BCUT2D eigenvalue weighted by Crippen LogP contribution is -2.49. The van der Waals surface area contributed by atoms with Crippen LogP contribution in [0.1, 0.15) is 28.8 Å². The van der Waals surface area contributed by atoms with E-state index in [1.807, 2.05) is 30.0 Å². The van der Waals surface area contributed by atoms with Crippen LogP contribution in [-0.4, -0.2) is 47.9 Å². The SMILES string of the molecule is Cc1c(N)cccc1C(=O)N1CCN(C2CC2)CC1. The highest BCUT2D eigenvalue weighted by Crippen LogP contribution is 2.28. The second-order valence-corrected chi connectivity index (χ2v) is 5.58. The van der Waals surface area contributed by atoms with Gasteiger partial charge in [0, 0.05) is 43.5 Å². The Bertz CT molecular complexity index is 488. The van der Waals surface area contributed by atoms with Crippen LogP contribution in [0, 0.1) is 6.92 Å². The molecule has 1 aliphatic heterocycles. The van der Waals surface area contributed by atoms with Crippen molar-refractivity contribution in [3.8, 4) is 0 Å². The number of hydrogen-bond donors (Lipinski definition) is 1. The molecule has 0 bridgehead atoms. The predicted molar refractivity (Wildman–Crippen MR) is 76.1 cm³/mol. The molecule has 0 atom stereocenters. The largest absolute Gasteiger partial charge is 0.398 e. The molecule has 2 aliphatic rings. The van der Waals surface area contributed by atoms with Crippen LogP contribution in [0.3, 0.4) is 0 Å². The molecule has 1 saturated heterocycles. The molecule has 0 radical (unpaired) electrons. The van der Waals surface area contributed by atoms with Gasteiger partial charge in [0.25, 0.3) is 5.91 Å². The molecule has 3 rings (SSSR count). The van der Waals surface area contributed by atoms with E-state index in [-0.39, 0.29) is 5.91 Å². The Kier molecular flexibility index (Phi) is 3.19. The smallest absolute Gasteiger partial charge is 0.254 e. The maximum atomic E-state index is 12.5. The first kappa shape index (κ1) is 12.5. The number of nitrogens with zero attached hydrogens (tertiary/aromatic N) is 2. The van der Waals surface area contributed by atoms with Crippen LogP contribution in [-0.2, 0) is 0 Å². The number of nitrogen functional groups attached to an aromatic ring is 1. The predicted octanol–water partition coefficient (Wildman–Crippen LogP) is 1.50. The van der Waals surface area contributed by atoms with Crippen molar-refractivity contribution in [3.63, 3.8) is 0 Å². The third-order valence-electron chi connectivity index (χ3n) is 4.27. The average Bonchev–Trinajstić information content (AvgIpc) is 3.26. The number of rotatable bonds is 2. The minimum atomic E-state index is 0.125. The number of carbonyl (C=O) groups excluding carboxylic acids is 1. The number of amides is 1. The van der Waals surface area contributed by atoms with E-state index in [4.69, 9.17) is 5.73 Å². The van der Waals surface area contributed by atoms with Gasteiger partial charge < -0.3 is 10.6 Å². The molecule has 0 spiro atoms. The van der Waals surface area contributed by atoms with Gasteiger partial charge in [0.2, 0.25) is 0 Å². The summed E-state index contributed by atoms with van der Waals surface area (Å²) in [6, 6.07) is 6.38. The third-order valence-corrected chi connectivity index (χ3v) is 4.27. The Morgan fingerprint density at radius 2 is 1.89 bits per heavy atom. The fourth-order valence-electron chi connectivity index (χ4n) is 2.79. The van der Waals surface area contributed by atoms with Gasteiger partial charge in [-0.05, 0) is 37.5 Å². The summed E-state index contributed by atoms with van der Waals surface area (Å²) in [6.07, 6.45) is 2.67. The van der Waals surface area contributed by atoms with Gasteiger partial charge in [-0.15, -0.1) is 0 Å². The molecule has 102 valence electrons. The maximum Gasteiger partial charge on any atom is 0.254 e. The van der Waals surface area contributed by atoms with E-state index in [1.165, 1.54) is 12.8 Å². The van der Waals surface area contributed by atoms with E-state index in [0.717, 1.165) is 43.3 Å². The Labute approximate surface area is 114 Å². The monoisotopic (exact) mass is 259 g/mol. The summed E-state index contributed by atoms with van der Waals surface area (Å²) in [7, 11) is 0. The number of piperazine rings is 1. The molecule has 4 nitrogen and oxygen atoms in total. The third kappa shape index (κ3) is 2.45. The highest BCUT2D eigenvalue weighted by atomic mass is 16.2. The maximum absolute atomic E-state index is 12.5. The second-order valence-electron chi connectivity index (χ2n) is 5.58. The minimum absolute atomic E-state index is 0.125. The zero-order valence-electron chi connectivity index (χ0n) is 11.4. The lowest BCUT2D eigenvalue weighted by Gasteiger charge is -2.35. The minimum Gasteiger partial charge on any atom is -0.398 e. The Morgan fingerprint density at radius 3 is 2.53 bits per heavy atom. The highest BCUT2D eigenvalue weighted by molar-refractivity contribution is 5.97. The molecule has 19 heavy (non-hydrogen) atoms. The highest BCUT2D eigenvalue weighted by Gasteiger charge is 2.32.